The average molecular weight is 880 g/mol. The van der Waals surface area contributed by atoms with E-state index in [0.717, 1.165) is 66.0 Å². The van der Waals surface area contributed by atoms with Crippen molar-refractivity contribution < 1.29 is 48.3 Å². The van der Waals surface area contributed by atoms with Gasteiger partial charge in [-0.1, -0.05) is 78.7 Å². The van der Waals surface area contributed by atoms with Crippen LogP contribution in [0.5, 0.6) is 11.5 Å². The number of ether oxygens (including phenoxy) is 5. The predicted octanol–water partition coefficient (Wildman–Crippen LogP) is 9.32. The van der Waals surface area contributed by atoms with Crippen molar-refractivity contribution in [3.05, 3.63) is 109 Å². The highest BCUT2D eigenvalue weighted by Crippen LogP contribution is 2.62. The molecule has 2 heterocycles. The first-order chi connectivity index (χ1) is 31.3. The zero-order valence-corrected chi connectivity index (χ0v) is 37.2. The molecule has 3 aromatic carbocycles. The molecule has 7 unspecified atom stereocenters. The molecule has 3 aromatic rings. The van der Waals surface area contributed by atoms with Crippen LogP contribution in [0.1, 0.15) is 94.6 Å². The van der Waals surface area contributed by atoms with Gasteiger partial charge in [-0.25, -0.2) is 9.59 Å². The van der Waals surface area contributed by atoms with Gasteiger partial charge in [0.05, 0.1) is 38.0 Å². The van der Waals surface area contributed by atoms with Gasteiger partial charge in [-0.05, 0) is 104 Å². The van der Waals surface area contributed by atoms with Crippen LogP contribution in [0.4, 0.5) is 9.59 Å². The number of nitrogens with zero attached hydrogens (tertiary/aromatic N) is 2. The van der Waals surface area contributed by atoms with Crippen LogP contribution in [-0.4, -0.2) is 90.7 Å². The molecule has 1 saturated heterocycles. The number of oxime groups is 1. The SMILES string of the molecule is C=CCCOC(=O)N(Cc1cccc2ccccc12)C1CC(=NOC2CCCCO2)C2=CC(CCCCO)C(CCCCO)C3c4cc(OC(=O)NCC)ccc4OC1(OCC=C)C23. The van der Waals surface area contributed by atoms with Gasteiger partial charge in [0.25, 0.3) is 0 Å². The molecule has 2 aliphatic heterocycles. The van der Waals surface area contributed by atoms with Crippen LogP contribution in [0.25, 0.3) is 10.8 Å². The first-order valence-electron chi connectivity index (χ1n) is 23.2. The van der Waals surface area contributed by atoms with Crippen molar-refractivity contribution in [3.8, 4) is 11.5 Å². The van der Waals surface area contributed by atoms with Gasteiger partial charge in [-0.3, -0.25) is 4.90 Å². The highest BCUT2D eigenvalue weighted by molar-refractivity contribution is 6.03. The van der Waals surface area contributed by atoms with Crippen molar-refractivity contribution in [1.29, 1.82) is 0 Å². The summed E-state index contributed by atoms with van der Waals surface area (Å²) < 4.78 is 32.5. The Kier molecular flexibility index (Phi) is 16.5. The van der Waals surface area contributed by atoms with E-state index in [1.807, 2.05) is 43.3 Å². The van der Waals surface area contributed by atoms with E-state index in [4.69, 9.17) is 33.7 Å². The predicted molar refractivity (Wildman–Crippen MR) is 245 cm³/mol. The van der Waals surface area contributed by atoms with Crippen molar-refractivity contribution in [2.24, 2.45) is 22.9 Å². The summed E-state index contributed by atoms with van der Waals surface area (Å²) in [7, 11) is 0. The van der Waals surface area contributed by atoms with E-state index in [2.05, 4.69) is 42.7 Å². The number of fused-ring (bicyclic) bond motifs is 3. The Hall–Kier alpha value is -5.21. The Morgan fingerprint density at radius 1 is 1.00 bits per heavy atom. The largest absolute Gasteiger partial charge is 0.459 e. The summed E-state index contributed by atoms with van der Waals surface area (Å²) in [6.07, 6.45) is 11.7. The molecular weight excluding hydrogens is 815 g/mol. The molecule has 0 bridgehead atoms. The molecule has 13 heteroatoms. The van der Waals surface area contributed by atoms with Crippen molar-refractivity contribution in [1.82, 2.24) is 10.2 Å². The van der Waals surface area contributed by atoms with Crippen molar-refractivity contribution >= 4 is 28.7 Å². The fourth-order valence-corrected chi connectivity index (χ4v) is 10.1. The third-order valence-electron chi connectivity index (χ3n) is 13.0. The molecule has 1 saturated carbocycles. The van der Waals surface area contributed by atoms with E-state index in [9.17, 15) is 19.8 Å². The minimum atomic E-state index is -1.52. The Morgan fingerprint density at radius 2 is 1.81 bits per heavy atom. The number of rotatable bonds is 21. The van der Waals surface area contributed by atoms with E-state index in [0.29, 0.717) is 56.0 Å². The summed E-state index contributed by atoms with van der Waals surface area (Å²) in [5.74, 6) is -1.53. The molecule has 3 N–H and O–H groups in total. The number of amides is 2. The van der Waals surface area contributed by atoms with Gasteiger partial charge in [0.2, 0.25) is 12.1 Å². The maximum absolute atomic E-state index is 14.9. The number of unbranched alkanes of at least 4 members (excludes halogenated alkanes) is 2. The summed E-state index contributed by atoms with van der Waals surface area (Å²) in [5, 5.41) is 29.7. The summed E-state index contributed by atoms with van der Waals surface area (Å²) in [6.45, 7) is 11.2. The number of carbonyl (C=O) groups excluding carboxylic acids is 2. The van der Waals surface area contributed by atoms with Crippen LogP contribution in [0.2, 0.25) is 0 Å². The third-order valence-corrected chi connectivity index (χ3v) is 13.0. The van der Waals surface area contributed by atoms with Gasteiger partial charge in [-0.2, -0.15) is 0 Å². The lowest BCUT2D eigenvalue weighted by molar-refractivity contribution is -0.256. The van der Waals surface area contributed by atoms with E-state index in [1.165, 1.54) is 0 Å². The maximum Gasteiger partial charge on any atom is 0.412 e. The van der Waals surface area contributed by atoms with Crippen LogP contribution in [-0.2, 0) is 25.6 Å². The van der Waals surface area contributed by atoms with Gasteiger partial charge >= 0.3 is 12.2 Å². The van der Waals surface area contributed by atoms with Crippen LogP contribution < -0.4 is 14.8 Å². The number of benzene rings is 3. The van der Waals surface area contributed by atoms with E-state index in [-0.39, 0.29) is 57.1 Å². The Labute approximate surface area is 377 Å². The minimum Gasteiger partial charge on any atom is -0.459 e. The lowest BCUT2D eigenvalue weighted by Crippen LogP contribution is -2.70. The van der Waals surface area contributed by atoms with Crippen LogP contribution >= 0.6 is 0 Å². The lowest BCUT2D eigenvalue weighted by atomic mass is 9.55. The third kappa shape index (κ3) is 10.5. The van der Waals surface area contributed by atoms with Crippen LogP contribution in [0.15, 0.2) is 103 Å². The molecule has 7 atom stereocenters. The van der Waals surface area contributed by atoms with E-state index < -0.39 is 36.2 Å². The second-order valence-corrected chi connectivity index (χ2v) is 17.1. The Morgan fingerprint density at radius 3 is 2.58 bits per heavy atom. The van der Waals surface area contributed by atoms with Crippen molar-refractivity contribution in [2.75, 3.05) is 39.6 Å². The zero-order valence-electron chi connectivity index (χ0n) is 37.2. The van der Waals surface area contributed by atoms with E-state index in [1.54, 1.807) is 23.1 Å². The maximum atomic E-state index is 14.9. The van der Waals surface area contributed by atoms with Gasteiger partial charge in [-0.15, -0.1) is 13.2 Å². The van der Waals surface area contributed by atoms with Gasteiger partial charge in [0.1, 0.15) is 17.5 Å². The summed E-state index contributed by atoms with van der Waals surface area (Å²) in [5.41, 5.74) is 3.29. The molecule has 2 amide bonds. The molecule has 0 aromatic heterocycles. The smallest absolute Gasteiger partial charge is 0.412 e. The fourth-order valence-electron chi connectivity index (χ4n) is 10.1. The highest BCUT2D eigenvalue weighted by Gasteiger charge is 2.66. The number of nitrogens with one attached hydrogen (secondary N) is 1. The number of hydrogen-bond donors (Lipinski definition) is 3. The average Bonchev–Trinajstić information content (AvgIpc) is 3.31. The topological polar surface area (TPSA) is 158 Å². The van der Waals surface area contributed by atoms with Crippen LogP contribution in [0.3, 0.4) is 0 Å². The molecular formula is C51H65N3O10. The number of hydrogen-bond acceptors (Lipinski definition) is 11. The Bertz CT molecular complexity index is 2130. The summed E-state index contributed by atoms with van der Waals surface area (Å²) in [6, 6.07) is 18.8. The number of aliphatic hydroxyl groups is 2. The van der Waals surface area contributed by atoms with Gasteiger partial charge < -0.3 is 44.1 Å². The number of allylic oxidation sites excluding steroid dienone is 1. The van der Waals surface area contributed by atoms with Gasteiger partial charge in [0, 0.05) is 44.1 Å². The van der Waals surface area contributed by atoms with E-state index >= 15 is 0 Å². The molecule has 13 nitrogen and oxygen atoms in total. The fraction of sp³-hybridized carbons (Fsp3) is 0.510. The monoisotopic (exact) mass is 879 g/mol. The standard InChI is InChI=1S/C51H65N3O10/c1-4-7-29-60-50(58)54(34-37-20-16-19-35-17-8-9-21-39(35)37)45-33-43(53-64-46-23-12-15-30-59-46)41-31-36(18-10-13-26-55)40(22-11-14-27-56)47-42-32-38(62-49(57)52-6-3)24-25-44(42)63-51(45,48(41)47)61-28-5-2/h4-5,8-9,16-17,19-21,24-25,31-32,36,40,45-48,55-56H,1-2,6-7,10-15,18,22-23,26-30,33-34H2,3H3,(H,52,57). The van der Waals surface area contributed by atoms with Crippen molar-refractivity contribution in [3.63, 3.8) is 0 Å². The molecule has 0 radical (unpaired) electrons. The highest BCUT2D eigenvalue weighted by atomic mass is 16.8. The molecule has 2 aliphatic carbocycles. The summed E-state index contributed by atoms with van der Waals surface area (Å²) >= 11 is 0. The first kappa shape index (κ1) is 46.8. The Balaban J connectivity index is 1.47. The molecule has 0 spiro atoms. The minimum absolute atomic E-state index is 0.0147. The quantitative estimate of drug-likeness (QED) is 0.0535. The molecule has 2 fully saturated rings. The van der Waals surface area contributed by atoms with Gasteiger partial charge in [0.15, 0.2) is 0 Å². The van der Waals surface area contributed by atoms with Crippen LogP contribution in [0, 0.1) is 17.8 Å². The lowest BCUT2D eigenvalue weighted by Gasteiger charge is -2.60. The number of aliphatic hydroxyl groups excluding tert-OH is 2. The normalized spacial score (nSPS) is 25.2. The van der Waals surface area contributed by atoms with Crippen molar-refractivity contribution in [2.45, 2.75) is 108 Å². The second kappa shape index (κ2) is 22.6. The first-order valence-corrected chi connectivity index (χ1v) is 23.2. The number of carbonyl (C=O) groups is 2. The molecule has 344 valence electrons. The summed E-state index contributed by atoms with van der Waals surface area (Å²) in [4.78, 5) is 35.8. The molecule has 64 heavy (non-hydrogen) atoms. The second-order valence-electron chi connectivity index (χ2n) is 17.1. The zero-order chi connectivity index (χ0) is 44.9. The molecule has 4 aliphatic rings. The molecule has 7 rings (SSSR count).